The molecule has 1 saturated heterocycles. The van der Waals surface area contributed by atoms with Crippen molar-refractivity contribution in [3.05, 3.63) is 65.2 Å². The van der Waals surface area contributed by atoms with Crippen LogP contribution in [0.2, 0.25) is 0 Å². The normalized spacial score (nSPS) is 15.5. The molecule has 160 valence electrons. The number of ether oxygens (including phenoxy) is 1. The molecular weight excluding hydrogens is 404 g/mol. The number of rotatable bonds is 6. The number of methoxy groups -OCH3 is 1. The van der Waals surface area contributed by atoms with Gasteiger partial charge in [-0.25, -0.2) is 17.5 Å². The van der Waals surface area contributed by atoms with Crippen molar-refractivity contribution < 1.29 is 22.7 Å². The van der Waals surface area contributed by atoms with Gasteiger partial charge in [0.25, 0.3) is 0 Å². The molecular formula is C22H26N2O5S. The van der Waals surface area contributed by atoms with E-state index in [4.69, 9.17) is 4.74 Å². The Morgan fingerprint density at radius 1 is 1.10 bits per heavy atom. The van der Waals surface area contributed by atoms with Gasteiger partial charge in [0.1, 0.15) is 0 Å². The molecule has 2 aromatic rings. The average molecular weight is 431 g/mol. The highest BCUT2D eigenvalue weighted by Crippen LogP contribution is 2.24. The third-order valence-corrected chi connectivity index (χ3v) is 7.18. The first kappa shape index (κ1) is 22.0. The summed E-state index contributed by atoms with van der Waals surface area (Å²) in [4.78, 5) is 24.5. The Balaban J connectivity index is 1.60. The van der Waals surface area contributed by atoms with E-state index >= 15 is 0 Å². The van der Waals surface area contributed by atoms with Crippen LogP contribution in [-0.2, 0) is 25.3 Å². The van der Waals surface area contributed by atoms with Gasteiger partial charge in [-0.3, -0.25) is 4.79 Å². The van der Waals surface area contributed by atoms with Gasteiger partial charge in [-0.15, -0.1) is 0 Å². The van der Waals surface area contributed by atoms with Crippen molar-refractivity contribution in [3.63, 3.8) is 0 Å². The van der Waals surface area contributed by atoms with E-state index in [9.17, 15) is 18.0 Å². The first-order valence-corrected chi connectivity index (χ1v) is 11.4. The third-order valence-electron chi connectivity index (χ3n) is 5.33. The number of nitrogens with one attached hydrogen (secondary N) is 1. The van der Waals surface area contributed by atoms with Crippen LogP contribution in [0, 0.1) is 12.8 Å². The Morgan fingerprint density at radius 2 is 1.77 bits per heavy atom. The molecule has 0 spiro atoms. The summed E-state index contributed by atoms with van der Waals surface area (Å²) in [5, 5.41) is 2.88. The van der Waals surface area contributed by atoms with Crippen molar-refractivity contribution in [1.82, 2.24) is 4.31 Å². The number of sulfonamides is 1. The maximum Gasteiger partial charge on any atom is 0.337 e. The summed E-state index contributed by atoms with van der Waals surface area (Å²) in [6, 6.07) is 14.1. The topological polar surface area (TPSA) is 92.8 Å². The average Bonchev–Trinajstić information content (AvgIpc) is 2.75. The van der Waals surface area contributed by atoms with E-state index in [1.807, 2.05) is 25.1 Å². The van der Waals surface area contributed by atoms with Crippen LogP contribution in [0.4, 0.5) is 5.69 Å². The molecule has 0 aliphatic carbocycles. The predicted molar refractivity (Wildman–Crippen MR) is 115 cm³/mol. The molecule has 2 aromatic carbocycles. The number of benzene rings is 2. The minimum atomic E-state index is -3.42. The smallest absolute Gasteiger partial charge is 0.337 e. The maximum absolute atomic E-state index is 12.7. The number of hydrogen-bond donors (Lipinski definition) is 1. The quantitative estimate of drug-likeness (QED) is 0.712. The van der Waals surface area contributed by atoms with Crippen LogP contribution >= 0.6 is 0 Å². The van der Waals surface area contributed by atoms with E-state index in [0.29, 0.717) is 37.2 Å². The Morgan fingerprint density at radius 3 is 2.40 bits per heavy atom. The lowest BCUT2D eigenvalue weighted by Gasteiger charge is -2.30. The van der Waals surface area contributed by atoms with Gasteiger partial charge in [0.2, 0.25) is 15.9 Å². The second-order valence-electron chi connectivity index (χ2n) is 7.43. The molecule has 1 amide bonds. The minimum absolute atomic E-state index is 0.0375. The zero-order valence-corrected chi connectivity index (χ0v) is 17.9. The molecule has 0 saturated carbocycles. The van der Waals surface area contributed by atoms with Gasteiger partial charge in [-0.2, -0.15) is 0 Å². The summed E-state index contributed by atoms with van der Waals surface area (Å²) >= 11 is 0. The van der Waals surface area contributed by atoms with E-state index in [1.165, 1.54) is 11.4 Å². The highest BCUT2D eigenvalue weighted by atomic mass is 32.2. The van der Waals surface area contributed by atoms with E-state index < -0.39 is 16.0 Å². The lowest BCUT2D eigenvalue weighted by atomic mass is 9.97. The molecule has 1 fully saturated rings. The van der Waals surface area contributed by atoms with Crippen LogP contribution in [-0.4, -0.2) is 44.8 Å². The summed E-state index contributed by atoms with van der Waals surface area (Å²) in [6.45, 7) is 2.47. The lowest BCUT2D eigenvalue weighted by molar-refractivity contribution is -0.120. The minimum Gasteiger partial charge on any atom is -0.465 e. The zero-order chi connectivity index (χ0) is 21.7. The molecule has 8 heteroatoms. The van der Waals surface area contributed by atoms with Crippen LogP contribution in [0.5, 0.6) is 0 Å². The number of aryl methyl sites for hydroxylation is 1. The molecule has 3 rings (SSSR count). The number of anilines is 1. The number of carbonyl (C=O) groups excluding carboxylic acids is 2. The van der Waals surface area contributed by atoms with Gasteiger partial charge in [0.05, 0.1) is 18.4 Å². The molecule has 7 nitrogen and oxygen atoms in total. The second-order valence-corrected chi connectivity index (χ2v) is 9.39. The highest BCUT2D eigenvalue weighted by molar-refractivity contribution is 7.88. The summed E-state index contributed by atoms with van der Waals surface area (Å²) in [6.07, 6.45) is 0.908. The molecule has 0 atom stereocenters. The van der Waals surface area contributed by atoms with Crippen LogP contribution < -0.4 is 5.32 Å². The van der Waals surface area contributed by atoms with Gasteiger partial charge in [-0.05, 0) is 43.0 Å². The molecule has 1 heterocycles. The SMILES string of the molecule is COC(=O)c1ccc(C)c(NC(=O)C2CCN(S(=O)(=O)Cc3ccccc3)CC2)c1. The fraction of sp³-hybridized carbons (Fsp3) is 0.364. The van der Waals surface area contributed by atoms with Crippen molar-refractivity contribution >= 4 is 27.6 Å². The van der Waals surface area contributed by atoms with E-state index in [2.05, 4.69) is 5.32 Å². The van der Waals surface area contributed by atoms with Gasteiger partial charge >= 0.3 is 5.97 Å². The monoisotopic (exact) mass is 430 g/mol. The van der Waals surface area contributed by atoms with Gasteiger partial charge in [0.15, 0.2) is 0 Å². The van der Waals surface area contributed by atoms with Gasteiger partial charge in [0, 0.05) is 24.7 Å². The van der Waals surface area contributed by atoms with Crippen LogP contribution in [0.3, 0.4) is 0 Å². The lowest BCUT2D eigenvalue weighted by Crippen LogP contribution is -2.41. The number of carbonyl (C=O) groups is 2. The van der Waals surface area contributed by atoms with Crippen LogP contribution in [0.25, 0.3) is 0 Å². The molecule has 1 aliphatic heterocycles. The van der Waals surface area contributed by atoms with Crippen LogP contribution in [0.1, 0.15) is 34.3 Å². The second kappa shape index (κ2) is 9.40. The summed E-state index contributed by atoms with van der Waals surface area (Å²) in [7, 11) is -2.11. The van der Waals surface area contributed by atoms with Crippen molar-refractivity contribution in [1.29, 1.82) is 0 Å². The van der Waals surface area contributed by atoms with Crippen LogP contribution in [0.15, 0.2) is 48.5 Å². The fourth-order valence-electron chi connectivity index (χ4n) is 3.51. The number of amides is 1. The standard InChI is InChI=1S/C22H26N2O5S/c1-16-8-9-19(22(26)29-2)14-20(16)23-21(25)18-10-12-24(13-11-18)30(27,28)15-17-6-4-3-5-7-17/h3-9,14,18H,10-13,15H2,1-2H3,(H,23,25). The number of esters is 1. The molecule has 0 radical (unpaired) electrons. The number of nitrogens with zero attached hydrogens (tertiary/aromatic N) is 1. The van der Waals surface area contributed by atoms with Crippen molar-refractivity contribution in [2.24, 2.45) is 5.92 Å². The van der Waals surface area contributed by atoms with Crippen molar-refractivity contribution in [3.8, 4) is 0 Å². The largest absolute Gasteiger partial charge is 0.465 e. The number of hydrogen-bond acceptors (Lipinski definition) is 5. The fourth-order valence-corrected chi connectivity index (χ4v) is 5.07. The molecule has 0 aromatic heterocycles. The summed E-state index contributed by atoms with van der Waals surface area (Å²) in [5.74, 6) is -0.957. The summed E-state index contributed by atoms with van der Waals surface area (Å²) in [5.41, 5.74) is 2.50. The van der Waals surface area contributed by atoms with E-state index in [1.54, 1.807) is 30.3 Å². The Bertz CT molecular complexity index is 1010. The van der Waals surface area contributed by atoms with Crippen molar-refractivity contribution in [2.45, 2.75) is 25.5 Å². The Kier molecular flexibility index (Phi) is 6.89. The first-order chi connectivity index (χ1) is 14.3. The highest BCUT2D eigenvalue weighted by Gasteiger charge is 2.31. The number of piperidine rings is 1. The molecule has 1 aliphatic rings. The molecule has 0 unspecified atom stereocenters. The van der Waals surface area contributed by atoms with E-state index in [-0.39, 0.29) is 17.6 Å². The molecule has 0 bridgehead atoms. The molecule has 1 N–H and O–H groups in total. The Hall–Kier alpha value is -2.71. The third kappa shape index (κ3) is 5.25. The predicted octanol–water partition coefficient (Wildman–Crippen LogP) is 2.96. The van der Waals surface area contributed by atoms with Gasteiger partial charge < -0.3 is 10.1 Å². The maximum atomic E-state index is 12.7. The van der Waals surface area contributed by atoms with E-state index in [0.717, 1.165) is 11.1 Å². The first-order valence-electron chi connectivity index (χ1n) is 9.82. The van der Waals surface area contributed by atoms with Crippen molar-refractivity contribution in [2.75, 3.05) is 25.5 Å². The molecule has 30 heavy (non-hydrogen) atoms. The zero-order valence-electron chi connectivity index (χ0n) is 17.1. The summed E-state index contributed by atoms with van der Waals surface area (Å²) < 4.78 is 31.5. The Labute approximate surface area is 177 Å². The van der Waals surface area contributed by atoms with Gasteiger partial charge in [-0.1, -0.05) is 36.4 Å².